The van der Waals surface area contributed by atoms with Crippen molar-refractivity contribution in [2.45, 2.75) is 6.92 Å². The predicted octanol–water partition coefficient (Wildman–Crippen LogP) is 2.83. The largest absolute Gasteiger partial charge is 0.465 e. The van der Waals surface area contributed by atoms with Gasteiger partial charge < -0.3 is 15.4 Å². The SMILES string of the molecule is CCN(C(=O)O)C(=O)c1cccc(-c2noc(-c3ccc(C(=N)N)cc3)n2)c1. The molecule has 3 rings (SSSR count). The van der Waals surface area contributed by atoms with E-state index < -0.39 is 12.0 Å². The van der Waals surface area contributed by atoms with Gasteiger partial charge in [-0.05, 0) is 31.2 Å². The highest BCUT2D eigenvalue weighted by Gasteiger charge is 2.21. The number of imide groups is 1. The molecule has 9 heteroatoms. The van der Waals surface area contributed by atoms with Gasteiger partial charge in [0.15, 0.2) is 0 Å². The Balaban J connectivity index is 1.88. The summed E-state index contributed by atoms with van der Waals surface area (Å²) >= 11 is 0. The van der Waals surface area contributed by atoms with Gasteiger partial charge in [-0.15, -0.1) is 0 Å². The van der Waals surface area contributed by atoms with Crippen molar-refractivity contribution in [3.63, 3.8) is 0 Å². The summed E-state index contributed by atoms with van der Waals surface area (Å²) < 4.78 is 5.28. The van der Waals surface area contributed by atoms with Crippen LogP contribution in [0, 0.1) is 5.41 Å². The molecule has 0 aliphatic rings. The number of nitrogens with zero attached hydrogens (tertiary/aromatic N) is 3. The maximum Gasteiger partial charge on any atom is 0.414 e. The Bertz CT molecular complexity index is 1040. The van der Waals surface area contributed by atoms with E-state index in [1.54, 1.807) is 43.3 Å². The second-order valence-corrected chi connectivity index (χ2v) is 5.83. The van der Waals surface area contributed by atoms with Gasteiger partial charge in [0.1, 0.15) is 5.84 Å². The fraction of sp³-hybridized carbons (Fsp3) is 0.105. The summed E-state index contributed by atoms with van der Waals surface area (Å²) in [5.41, 5.74) is 7.39. The lowest BCUT2D eigenvalue weighted by Gasteiger charge is -2.14. The lowest BCUT2D eigenvalue weighted by Crippen LogP contribution is -2.35. The Labute approximate surface area is 159 Å². The van der Waals surface area contributed by atoms with Gasteiger partial charge in [0.25, 0.3) is 11.8 Å². The van der Waals surface area contributed by atoms with Crippen LogP contribution >= 0.6 is 0 Å². The molecule has 0 saturated carbocycles. The quantitative estimate of drug-likeness (QED) is 0.456. The van der Waals surface area contributed by atoms with Gasteiger partial charge in [-0.1, -0.05) is 29.4 Å². The smallest absolute Gasteiger partial charge is 0.414 e. The Morgan fingerprint density at radius 1 is 1.14 bits per heavy atom. The van der Waals surface area contributed by atoms with E-state index in [4.69, 9.17) is 20.8 Å². The third-order valence-electron chi connectivity index (χ3n) is 4.03. The summed E-state index contributed by atoms with van der Waals surface area (Å²) in [6.07, 6.45) is -1.31. The molecule has 4 N–H and O–H groups in total. The van der Waals surface area contributed by atoms with Crippen LogP contribution in [0.4, 0.5) is 4.79 Å². The second kappa shape index (κ2) is 7.70. The van der Waals surface area contributed by atoms with E-state index in [2.05, 4.69) is 10.1 Å². The van der Waals surface area contributed by atoms with Crippen molar-refractivity contribution >= 4 is 17.8 Å². The first-order valence-corrected chi connectivity index (χ1v) is 8.34. The van der Waals surface area contributed by atoms with Crippen LogP contribution in [0.15, 0.2) is 53.1 Å². The van der Waals surface area contributed by atoms with Crippen LogP contribution in [-0.4, -0.2) is 44.5 Å². The van der Waals surface area contributed by atoms with E-state index >= 15 is 0 Å². The molecule has 2 aromatic carbocycles. The molecule has 0 saturated heterocycles. The average molecular weight is 379 g/mol. The maximum absolute atomic E-state index is 12.4. The molecule has 0 aliphatic carbocycles. The molecule has 142 valence electrons. The van der Waals surface area contributed by atoms with Crippen molar-refractivity contribution in [2.75, 3.05) is 6.54 Å². The van der Waals surface area contributed by atoms with Crippen molar-refractivity contribution in [1.82, 2.24) is 15.0 Å². The van der Waals surface area contributed by atoms with Gasteiger partial charge >= 0.3 is 6.09 Å². The number of nitrogen functional groups attached to an aromatic ring is 1. The first-order valence-electron chi connectivity index (χ1n) is 8.34. The van der Waals surface area contributed by atoms with Crippen molar-refractivity contribution in [2.24, 2.45) is 5.73 Å². The molecule has 0 fully saturated rings. The molecular formula is C19H17N5O4. The lowest BCUT2D eigenvalue weighted by molar-refractivity contribution is 0.0751. The molecule has 0 unspecified atom stereocenters. The number of amides is 2. The maximum atomic E-state index is 12.4. The number of rotatable bonds is 5. The number of carbonyl (C=O) groups is 2. The van der Waals surface area contributed by atoms with Crippen molar-refractivity contribution in [3.8, 4) is 22.8 Å². The molecule has 0 bridgehead atoms. The zero-order chi connectivity index (χ0) is 20.3. The number of nitrogens with two attached hydrogens (primary N) is 1. The van der Waals surface area contributed by atoms with E-state index in [1.165, 1.54) is 12.1 Å². The third-order valence-corrected chi connectivity index (χ3v) is 4.03. The number of carboxylic acid groups (broad SMARTS) is 1. The zero-order valence-corrected chi connectivity index (χ0v) is 14.9. The van der Waals surface area contributed by atoms with E-state index in [0.717, 1.165) is 4.90 Å². The highest BCUT2D eigenvalue weighted by Crippen LogP contribution is 2.23. The highest BCUT2D eigenvalue weighted by atomic mass is 16.5. The van der Waals surface area contributed by atoms with E-state index in [0.29, 0.717) is 16.7 Å². The van der Waals surface area contributed by atoms with Crippen molar-refractivity contribution in [1.29, 1.82) is 5.41 Å². The molecule has 1 heterocycles. The normalized spacial score (nSPS) is 10.5. The molecule has 9 nitrogen and oxygen atoms in total. The van der Waals surface area contributed by atoms with E-state index in [9.17, 15) is 9.59 Å². The molecule has 3 aromatic rings. The van der Waals surface area contributed by atoms with Gasteiger partial charge in [-0.25, -0.2) is 9.69 Å². The van der Waals surface area contributed by atoms with Crippen LogP contribution in [0.25, 0.3) is 22.8 Å². The van der Waals surface area contributed by atoms with E-state index in [1.807, 2.05) is 0 Å². The molecule has 0 spiro atoms. The zero-order valence-electron chi connectivity index (χ0n) is 14.9. The molecule has 0 radical (unpaired) electrons. The molecule has 0 aliphatic heterocycles. The summed E-state index contributed by atoms with van der Waals surface area (Å²) in [5.74, 6) is -0.136. The summed E-state index contributed by atoms with van der Waals surface area (Å²) in [6.45, 7) is 1.62. The van der Waals surface area contributed by atoms with Gasteiger partial charge in [-0.2, -0.15) is 4.98 Å². The van der Waals surface area contributed by atoms with E-state index in [-0.39, 0.29) is 29.7 Å². The van der Waals surface area contributed by atoms with Crippen molar-refractivity contribution < 1.29 is 19.2 Å². The van der Waals surface area contributed by atoms with Crippen LogP contribution in [0.5, 0.6) is 0 Å². The Morgan fingerprint density at radius 2 is 1.86 bits per heavy atom. The van der Waals surface area contributed by atoms with Crippen LogP contribution in [0.1, 0.15) is 22.8 Å². The number of nitrogens with one attached hydrogen (secondary N) is 1. The summed E-state index contributed by atoms with van der Waals surface area (Å²) in [5, 5.41) is 20.5. The van der Waals surface area contributed by atoms with Gasteiger partial charge in [-0.3, -0.25) is 10.2 Å². The standard InChI is InChI=1S/C19H17N5O4/c1-2-24(19(26)27)18(25)14-5-3-4-13(10-14)16-22-17(28-23-16)12-8-6-11(7-9-12)15(20)21/h3-10H,2H2,1H3,(H3,20,21)(H,26,27). The Morgan fingerprint density at radius 3 is 2.46 bits per heavy atom. The third kappa shape index (κ3) is 3.73. The number of carbonyl (C=O) groups excluding carboxylic acids is 1. The number of benzene rings is 2. The fourth-order valence-corrected chi connectivity index (χ4v) is 2.56. The molecule has 0 atom stereocenters. The van der Waals surface area contributed by atoms with Crippen LogP contribution in [0.2, 0.25) is 0 Å². The average Bonchev–Trinajstić information content (AvgIpc) is 3.18. The predicted molar refractivity (Wildman–Crippen MR) is 101 cm³/mol. The first kappa shape index (κ1) is 18.8. The van der Waals surface area contributed by atoms with Crippen LogP contribution in [-0.2, 0) is 0 Å². The number of amidine groups is 1. The first-order chi connectivity index (χ1) is 13.4. The minimum atomic E-state index is -1.31. The summed E-state index contributed by atoms with van der Waals surface area (Å²) in [6, 6.07) is 13.1. The molecule has 2 amide bonds. The van der Waals surface area contributed by atoms with Gasteiger partial charge in [0.2, 0.25) is 5.82 Å². The molecular weight excluding hydrogens is 362 g/mol. The molecule has 28 heavy (non-hydrogen) atoms. The van der Waals surface area contributed by atoms with Gasteiger partial charge in [0.05, 0.1) is 0 Å². The lowest BCUT2D eigenvalue weighted by atomic mass is 10.1. The monoisotopic (exact) mass is 379 g/mol. The summed E-state index contributed by atoms with van der Waals surface area (Å²) in [4.78, 5) is 28.6. The Hall–Kier alpha value is -4.01. The minimum Gasteiger partial charge on any atom is -0.465 e. The minimum absolute atomic E-state index is 0.0401. The number of aromatic nitrogens is 2. The van der Waals surface area contributed by atoms with Crippen molar-refractivity contribution in [3.05, 3.63) is 59.7 Å². The van der Waals surface area contributed by atoms with Crippen LogP contribution < -0.4 is 5.73 Å². The van der Waals surface area contributed by atoms with Gasteiger partial charge in [0, 0.05) is 28.8 Å². The molecule has 1 aromatic heterocycles. The second-order valence-electron chi connectivity index (χ2n) is 5.83. The highest BCUT2D eigenvalue weighted by molar-refractivity contribution is 6.03. The summed E-state index contributed by atoms with van der Waals surface area (Å²) in [7, 11) is 0. The Kier molecular flexibility index (Phi) is 5.16. The van der Waals surface area contributed by atoms with Crippen LogP contribution in [0.3, 0.4) is 0 Å². The number of hydrogen-bond donors (Lipinski definition) is 3. The fourth-order valence-electron chi connectivity index (χ4n) is 2.56. The number of hydrogen-bond acceptors (Lipinski definition) is 6. The topological polar surface area (TPSA) is 146 Å².